The number of aryl methyl sites for hydroxylation is 1. The number of hydrogen-bond acceptors (Lipinski definition) is 4. The van der Waals surface area contributed by atoms with Crippen LogP contribution in [0.4, 0.5) is 5.82 Å². The minimum absolute atomic E-state index is 0.899. The van der Waals surface area contributed by atoms with Gasteiger partial charge in [0.05, 0.1) is 0 Å². The fourth-order valence-electron chi connectivity index (χ4n) is 1.64. The molecule has 0 unspecified atom stereocenters. The van der Waals surface area contributed by atoms with Crippen molar-refractivity contribution in [3.05, 3.63) is 17.6 Å². The molecule has 0 spiro atoms. The third-order valence-corrected chi connectivity index (χ3v) is 2.47. The largest absolute Gasteiger partial charge is 0.370 e. The fourth-order valence-corrected chi connectivity index (χ4v) is 1.64. The van der Waals surface area contributed by atoms with Gasteiger partial charge in [-0.25, -0.2) is 9.97 Å². The molecule has 96 valence electrons. The van der Waals surface area contributed by atoms with Crippen molar-refractivity contribution >= 4 is 5.82 Å². The van der Waals surface area contributed by atoms with Crippen molar-refractivity contribution in [2.75, 3.05) is 32.5 Å². The molecule has 4 nitrogen and oxygen atoms in total. The van der Waals surface area contributed by atoms with Gasteiger partial charge in [0.25, 0.3) is 0 Å². The topological polar surface area (TPSA) is 41.1 Å². The Bertz CT molecular complexity index is 312. The van der Waals surface area contributed by atoms with Gasteiger partial charge in [-0.2, -0.15) is 0 Å². The average molecular weight is 236 g/mol. The predicted molar refractivity (Wildman–Crippen MR) is 72.4 cm³/mol. The minimum atomic E-state index is 0.899. The number of nitrogens with zero attached hydrogens (tertiary/aromatic N) is 3. The average Bonchev–Trinajstić information content (AvgIpc) is 2.27. The molecule has 1 rings (SSSR count). The normalized spacial score (nSPS) is 10.9. The first kappa shape index (κ1) is 13.9. The highest BCUT2D eigenvalue weighted by molar-refractivity contribution is 5.36. The molecule has 0 aliphatic rings. The summed E-state index contributed by atoms with van der Waals surface area (Å²) in [6, 6.07) is 2.06. The van der Waals surface area contributed by atoms with Crippen LogP contribution in [-0.4, -0.2) is 42.1 Å². The smallest absolute Gasteiger partial charge is 0.132 e. The number of hydrogen-bond donors (Lipinski definition) is 1. The van der Waals surface area contributed by atoms with Gasteiger partial charge in [0.2, 0.25) is 0 Å². The summed E-state index contributed by atoms with van der Waals surface area (Å²) < 4.78 is 0. The first-order chi connectivity index (χ1) is 8.15. The molecule has 0 radical (unpaired) electrons. The van der Waals surface area contributed by atoms with Crippen LogP contribution >= 0.6 is 0 Å². The molecule has 1 aromatic heterocycles. The highest BCUT2D eigenvalue weighted by atomic mass is 15.1. The van der Waals surface area contributed by atoms with Crippen LogP contribution in [0.1, 0.15) is 31.8 Å². The lowest BCUT2D eigenvalue weighted by Gasteiger charge is -2.11. The van der Waals surface area contributed by atoms with Crippen LogP contribution in [0.3, 0.4) is 0 Å². The summed E-state index contributed by atoms with van der Waals surface area (Å²) in [7, 11) is 4.14. The molecule has 17 heavy (non-hydrogen) atoms. The van der Waals surface area contributed by atoms with E-state index < -0.39 is 0 Å². The van der Waals surface area contributed by atoms with Crippen molar-refractivity contribution in [3.63, 3.8) is 0 Å². The Morgan fingerprint density at radius 1 is 1.18 bits per heavy atom. The number of rotatable bonds is 7. The molecular formula is C13H24N4. The molecule has 0 saturated heterocycles. The van der Waals surface area contributed by atoms with Crippen LogP contribution in [0.2, 0.25) is 0 Å². The molecule has 4 heteroatoms. The van der Waals surface area contributed by atoms with Crippen LogP contribution in [-0.2, 0) is 12.8 Å². The number of likely N-dealkylation sites (N-methyl/N-ethyl adjacent to an activating group) is 1. The predicted octanol–water partition coefficient (Wildman–Crippen LogP) is 1.96. The lowest BCUT2D eigenvalue weighted by molar-refractivity contribution is 0.409. The lowest BCUT2D eigenvalue weighted by Crippen LogP contribution is -2.17. The molecule has 0 amide bonds. The van der Waals surface area contributed by atoms with Crippen molar-refractivity contribution in [3.8, 4) is 0 Å². The second-order valence-corrected chi connectivity index (χ2v) is 4.49. The van der Waals surface area contributed by atoms with E-state index in [0.717, 1.165) is 49.7 Å². The summed E-state index contributed by atoms with van der Waals surface area (Å²) in [6.45, 7) is 6.15. The second-order valence-electron chi connectivity index (χ2n) is 4.49. The van der Waals surface area contributed by atoms with Gasteiger partial charge in [-0.1, -0.05) is 13.3 Å². The maximum Gasteiger partial charge on any atom is 0.132 e. The van der Waals surface area contributed by atoms with E-state index in [4.69, 9.17) is 0 Å². The Morgan fingerprint density at radius 2 is 1.94 bits per heavy atom. The Morgan fingerprint density at radius 3 is 2.53 bits per heavy atom. The van der Waals surface area contributed by atoms with Gasteiger partial charge in [0.15, 0.2) is 0 Å². The quantitative estimate of drug-likeness (QED) is 0.786. The number of anilines is 1. The summed E-state index contributed by atoms with van der Waals surface area (Å²) >= 11 is 0. The van der Waals surface area contributed by atoms with Gasteiger partial charge in [0, 0.05) is 31.3 Å². The summed E-state index contributed by atoms with van der Waals surface area (Å²) in [4.78, 5) is 11.3. The fraction of sp³-hybridized carbons (Fsp3) is 0.692. The van der Waals surface area contributed by atoms with E-state index in [1.54, 1.807) is 0 Å². The van der Waals surface area contributed by atoms with Crippen LogP contribution in [0, 0.1) is 0 Å². The van der Waals surface area contributed by atoms with Crippen molar-refractivity contribution in [2.24, 2.45) is 0 Å². The van der Waals surface area contributed by atoms with Gasteiger partial charge >= 0.3 is 0 Å². The van der Waals surface area contributed by atoms with E-state index in [0.29, 0.717) is 0 Å². The van der Waals surface area contributed by atoms with Crippen molar-refractivity contribution in [1.82, 2.24) is 14.9 Å². The molecule has 0 atom stereocenters. The first-order valence-corrected chi connectivity index (χ1v) is 6.41. The van der Waals surface area contributed by atoms with Gasteiger partial charge in [0.1, 0.15) is 11.6 Å². The highest BCUT2D eigenvalue weighted by Crippen LogP contribution is 2.09. The second kappa shape index (κ2) is 7.22. The number of nitrogens with one attached hydrogen (secondary N) is 1. The monoisotopic (exact) mass is 236 g/mol. The van der Waals surface area contributed by atoms with Gasteiger partial charge in [-0.3, -0.25) is 0 Å². The minimum Gasteiger partial charge on any atom is -0.370 e. The SMILES string of the molecule is CCCc1cc(NCC)nc(CCN(C)C)n1. The molecule has 0 aliphatic heterocycles. The highest BCUT2D eigenvalue weighted by Gasteiger charge is 2.04. The molecule has 1 aromatic rings. The lowest BCUT2D eigenvalue weighted by atomic mass is 10.2. The first-order valence-electron chi connectivity index (χ1n) is 6.41. The zero-order valence-corrected chi connectivity index (χ0v) is 11.5. The van der Waals surface area contributed by atoms with Crippen LogP contribution in [0.25, 0.3) is 0 Å². The molecule has 0 fully saturated rings. The summed E-state index contributed by atoms with van der Waals surface area (Å²) in [5.41, 5.74) is 1.15. The summed E-state index contributed by atoms with van der Waals surface area (Å²) in [5.74, 6) is 1.90. The van der Waals surface area contributed by atoms with E-state index in [1.165, 1.54) is 0 Å². The van der Waals surface area contributed by atoms with Gasteiger partial charge in [-0.15, -0.1) is 0 Å². The Hall–Kier alpha value is -1.16. The molecule has 0 aliphatic carbocycles. The molecule has 0 aromatic carbocycles. The van der Waals surface area contributed by atoms with Gasteiger partial charge in [-0.05, 0) is 27.4 Å². The Balaban J connectivity index is 2.79. The zero-order valence-electron chi connectivity index (χ0n) is 11.5. The molecular weight excluding hydrogens is 212 g/mol. The van der Waals surface area contributed by atoms with Crippen LogP contribution < -0.4 is 5.32 Å². The van der Waals surface area contributed by atoms with Crippen molar-refractivity contribution < 1.29 is 0 Å². The maximum absolute atomic E-state index is 4.60. The summed E-state index contributed by atoms with van der Waals surface area (Å²) in [6.07, 6.45) is 3.05. The summed E-state index contributed by atoms with van der Waals surface area (Å²) in [5, 5.41) is 3.27. The third-order valence-electron chi connectivity index (χ3n) is 2.47. The Kier molecular flexibility index (Phi) is 5.91. The van der Waals surface area contributed by atoms with E-state index >= 15 is 0 Å². The molecule has 0 bridgehead atoms. The van der Waals surface area contributed by atoms with E-state index in [9.17, 15) is 0 Å². The molecule has 1 N–H and O–H groups in total. The Labute approximate surface area is 104 Å². The van der Waals surface area contributed by atoms with Gasteiger partial charge < -0.3 is 10.2 Å². The van der Waals surface area contributed by atoms with E-state index in [2.05, 4.69) is 54.2 Å². The van der Waals surface area contributed by atoms with Crippen LogP contribution in [0.5, 0.6) is 0 Å². The molecule has 0 saturated carbocycles. The van der Waals surface area contributed by atoms with Crippen molar-refractivity contribution in [2.45, 2.75) is 33.1 Å². The standard InChI is InChI=1S/C13H24N4/c1-5-7-11-10-13(14-6-2)16-12(15-11)8-9-17(3)4/h10H,5-9H2,1-4H3,(H,14,15,16). The maximum atomic E-state index is 4.60. The zero-order chi connectivity index (χ0) is 12.7. The van der Waals surface area contributed by atoms with E-state index in [1.807, 2.05) is 0 Å². The van der Waals surface area contributed by atoms with E-state index in [-0.39, 0.29) is 0 Å². The van der Waals surface area contributed by atoms with Crippen LogP contribution in [0.15, 0.2) is 6.07 Å². The van der Waals surface area contributed by atoms with Crippen molar-refractivity contribution in [1.29, 1.82) is 0 Å². The third kappa shape index (κ3) is 5.13. The molecule has 1 heterocycles. The number of aromatic nitrogens is 2.